The number of rotatable bonds is 7. The van der Waals surface area contributed by atoms with E-state index in [1.54, 1.807) is 20.3 Å². The SMILES string of the molecule is COc1cc(CCC2CCN(Cc3cc4c(cc3O)OCO4)CC2)cc(OC)c1. The van der Waals surface area contributed by atoms with Crippen LogP contribution >= 0.6 is 0 Å². The van der Waals surface area contributed by atoms with Gasteiger partial charge in [-0.2, -0.15) is 0 Å². The number of likely N-dealkylation sites (tertiary alicyclic amines) is 1. The molecule has 0 radical (unpaired) electrons. The second kappa shape index (κ2) is 8.82. The predicted octanol–water partition coefficient (Wildman–Crippen LogP) is 3.98. The third-order valence-electron chi connectivity index (χ3n) is 5.93. The fraction of sp³-hybridized carbons (Fsp3) is 0.478. The lowest BCUT2D eigenvalue weighted by Gasteiger charge is -2.32. The number of fused-ring (bicyclic) bond motifs is 1. The van der Waals surface area contributed by atoms with E-state index in [9.17, 15) is 5.11 Å². The molecule has 6 heteroatoms. The number of phenols is 1. The van der Waals surface area contributed by atoms with Crippen molar-refractivity contribution in [2.24, 2.45) is 5.92 Å². The lowest BCUT2D eigenvalue weighted by molar-refractivity contribution is 0.170. The van der Waals surface area contributed by atoms with E-state index in [1.165, 1.54) is 24.8 Å². The van der Waals surface area contributed by atoms with E-state index in [4.69, 9.17) is 18.9 Å². The summed E-state index contributed by atoms with van der Waals surface area (Å²) in [7, 11) is 3.37. The quantitative estimate of drug-likeness (QED) is 0.760. The third-order valence-corrected chi connectivity index (χ3v) is 5.93. The molecule has 0 spiro atoms. The molecule has 0 unspecified atom stereocenters. The molecule has 0 aliphatic carbocycles. The van der Waals surface area contributed by atoms with Crippen molar-refractivity contribution in [1.82, 2.24) is 4.90 Å². The highest BCUT2D eigenvalue weighted by atomic mass is 16.7. The minimum atomic E-state index is 0.225. The molecule has 0 atom stereocenters. The largest absolute Gasteiger partial charge is 0.507 e. The van der Waals surface area contributed by atoms with Crippen molar-refractivity contribution >= 4 is 0 Å². The van der Waals surface area contributed by atoms with Gasteiger partial charge in [0.25, 0.3) is 0 Å². The average molecular weight is 399 g/mol. The van der Waals surface area contributed by atoms with Crippen molar-refractivity contribution in [2.45, 2.75) is 32.2 Å². The zero-order chi connectivity index (χ0) is 20.2. The van der Waals surface area contributed by atoms with Gasteiger partial charge in [0.05, 0.1) is 14.2 Å². The van der Waals surface area contributed by atoms with Crippen molar-refractivity contribution < 1.29 is 24.1 Å². The molecule has 6 nitrogen and oxygen atoms in total. The Morgan fingerprint density at radius 3 is 2.28 bits per heavy atom. The van der Waals surface area contributed by atoms with Crippen LogP contribution in [0.15, 0.2) is 30.3 Å². The van der Waals surface area contributed by atoms with Crippen LogP contribution in [0.2, 0.25) is 0 Å². The number of aryl methyl sites for hydroxylation is 1. The fourth-order valence-corrected chi connectivity index (χ4v) is 4.16. The van der Waals surface area contributed by atoms with E-state index in [0.29, 0.717) is 11.7 Å². The van der Waals surface area contributed by atoms with Crippen LogP contribution in [-0.4, -0.2) is 44.1 Å². The summed E-state index contributed by atoms with van der Waals surface area (Å²) in [4.78, 5) is 2.41. The molecule has 1 N–H and O–H groups in total. The predicted molar refractivity (Wildman–Crippen MR) is 110 cm³/mol. The number of methoxy groups -OCH3 is 2. The first-order valence-corrected chi connectivity index (χ1v) is 10.2. The van der Waals surface area contributed by atoms with E-state index in [2.05, 4.69) is 17.0 Å². The Morgan fingerprint density at radius 2 is 1.62 bits per heavy atom. The van der Waals surface area contributed by atoms with Gasteiger partial charge in [0.2, 0.25) is 6.79 Å². The lowest BCUT2D eigenvalue weighted by Crippen LogP contribution is -2.33. The summed E-state index contributed by atoms with van der Waals surface area (Å²) in [6, 6.07) is 9.67. The van der Waals surface area contributed by atoms with E-state index in [1.807, 2.05) is 12.1 Å². The maximum absolute atomic E-state index is 10.3. The molecular formula is C23H29NO5. The number of piperidine rings is 1. The zero-order valence-electron chi connectivity index (χ0n) is 17.1. The first-order valence-electron chi connectivity index (χ1n) is 10.2. The highest BCUT2D eigenvalue weighted by Gasteiger charge is 2.22. The van der Waals surface area contributed by atoms with Crippen molar-refractivity contribution in [1.29, 1.82) is 0 Å². The van der Waals surface area contributed by atoms with Gasteiger partial charge in [-0.1, -0.05) is 0 Å². The van der Waals surface area contributed by atoms with Gasteiger partial charge in [-0.3, -0.25) is 4.90 Å². The standard InChI is InChI=1S/C23H29NO5/c1-26-19-9-17(10-20(12-19)27-2)4-3-16-5-7-24(8-6-16)14-18-11-22-23(13-21(18)25)29-15-28-22/h9-13,16,25H,3-8,14-15H2,1-2H3. The minimum Gasteiger partial charge on any atom is -0.507 e. The summed E-state index contributed by atoms with van der Waals surface area (Å²) in [6.45, 7) is 3.05. The van der Waals surface area contributed by atoms with Crippen LogP contribution in [-0.2, 0) is 13.0 Å². The van der Waals surface area contributed by atoms with Crippen molar-refractivity contribution in [3.05, 3.63) is 41.5 Å². The van der Waals surface area contributed by atoms with Crippen molar-refractivity contribution in [2.75, 3.05) is 34.1 Å². The van der Waals surface area contributed by atoms with Gasteiger partial charge >= 0.3 is 0 Å². The number of hydrogen-bond acceptors (Lipinski definition) is 6. The number of phenolic OH excluding ortho intramolecular Hbond substituents is 1. The number of ether oxygens (including phenoxy) is 4. The molecule has 0 bridgehead atoms. The third kappa shape index (κ3) is 4.70. The molecule has 1 fully saturated rings. The van der Waals surface area contributed by atoms with Gasteiger partial charge < -0.3 is 24.1 Å². The Kier molecular flexibility index (Phi) is 6.00. The van der Waals surface area contributed by atoms with Crippen LogP contribution in [0.3, 0.4) is 0 Å². The molecule has 2 aliphatic rings. The first kappa shape index (κ1) is 19.7. The highest BCUT2D eigenvalue weighted by Crippen LogP contribution is 2.38. The number of aromatic hydroxyl groups is 1. The number of nitrogens with zero attached hydrogens (tertiary/aromatic N) is 1. The second-order valence-electron chi connectivity index (χ2n) is 7.81. The van der Waals surface area contributed by atoms with E-state index >= 15 is 0 Å². The van der Waals surface area contributed by atoms with E-state index in [0.717, 1.165) is 48.9 Å². The van der Waals surface area contributed by atoms with E-state index in [-0.39, 0.29) is 12.5 Å². The van der Waals surface area contributed by atoms with Gasteiger partial charge in [0, 0.05) is 24.2 Å². The van der Waals surface area contributed by atoms with Gasteiger partial charge in [-0.25, -0.2) is 0 Å². The summed E-state index contributed by atoms with van der Waals surface area (Å²) in [5, 5.41) is 10.3. The monoisotopic (exact) mass is 399 g/mol. The summed E-state index contributed by atoms with van der Waals surface area (Å²) in [5.74, 6) is 4.04. The Bertz CT molecular complexity index is 823. The summed E-state index contributed by atoms with van der Waals surface area (Å²) in [5.41, 5.74) is 2.16. The highest BCUT2D eigenvalue weighted by molar-refractivity contribution is 5.51. The molecule has 2 aromatic rings. The van der Waals surface area contributed by atoms with Crippen LogP contribution in [0.5, 0.6) is 28.7 Å². The molecule has 2 aromatic carbocycles. The lowest BCUT2D eigenvalue weighted by atomic mass is 9.90. The van der Waals surface area contributed by atoms with Crippen molar-refractivity contribution in [3.63, 3.8) is 0 Å². The molecule has 2 aliphatic heterocycles. The first-order chi connectivity index (χ1) is 14.1. The van der Waals surface area contributed by atoms with Gasteiger partial charge in [0.15, 0.2) is 11.5 Å². The smallest absolute Gasteiger partial charge is 0.231 e. The Labute approximate surface area is 171 Å². The van der Waals surface area contributed by atoms with Crippen molar-refractivity contribution in [3.8, 4) is 28.7 Å². The molecule has 156 valence electrons. The zero-order valence-corrected chi connectivity index (χ0v) is 17.1. The fourth-order valence-electron chi connectivity index (χ4n) is 4.16. The number of hydrogen-bond donors (Lipinski definition) is 1. The number of benzene rings is 2. The van der Waals surface area contributed by atoms with Crippen LogP contribution in [0, 0.1) is 5.92 Å². The van der Waals surface area contributed by atoms with Crippen LogP contribution in [0.4, 0.5) is 0 Å². The average Bonchev–Trinajstić information content (AvgIpc) is 3.20. The summed E-state index contributed by atoms with van der Waals surface area (Å²) in [6.07, 6.45) is 4.54. The van der Waals surface area contributed by atoms with Crippen LogP contribution < -0.4 is 18.9 Å². The molecule has 0 saturated carbocycles. The minimum absolute atomic E-state index is 0.225. The molecular weight excluding hydrogens is 370 g/mol. The molecule has 29 heavy (non-hydrogen) atoms. The summed E-state index contributed by atoms with van der Waals surface area (Å²) < 4.78 is 21.5. The Balaban J connectivity index is 1.28. The maximum atomic E-state index is 10.3. The molecule has 0 amide bonds. The van der Waals surface area contributed by atoms with E-state index < -0.39 is 0 Å². The normalized spacial score (nSPS) is 16.8. The molecule has 1 saturated heterocycles. The molecule has 4 rings (SSSR count). The van der Waals surface area contributed by atoms with Gasteiger partial charge in [0.1, 0.15) is 17.2 Å². The van der Waals surface area contributed by atoms with Gasteiger partial charge in [-0.05, 0) is 68.5 Å². The van der Waals surface area contributed by atoms with Gasteiger partial charge in [-0.15, -0.1) is 0 Å². The Hall–Kier alpha value is -2.60. The van der Waals surface area contributed by atoms with Crippen LogP contribution in [0.25, 0.3) is 0 Å². The Morgan fingerprint density at radius 1 is 0.966 bits per heavy atom. The summed E-state index contributed by atoms with van der Waals surface area (Å²) >= 11 is 0. The molecule has 0 aromatic heterocycles. The topological polar surface area (TPSA) is 60.4 Å². The maximum Gasteiger partial charge on any atom is 0.231 e. The second-order valence-corrected chi connectivity index (χ2v) is 7.81. The van der Waals surface area contributed by atoms with Crippen LogP contribution in [0.1, 0.15) is 30.4 Å². The molecule has 2 heterocycles.